The van der Waals surface area contributed by atoms with Crippen molar-refractivity contribution in [1.29, 1.82) is 5.41 Å². The number of aryl methyl sites for hydroxylation is 1. The Balaban J connectivity index is 2.34. The molecule has 0 unspecified atom stereocenters. The maximum atomic E-state index is 13.6. The molecule has 0 aliphatic rings. The van der Waals surface area contributed by atoms with E-state index in [2.05, 4.69) is 9.36 Å². The third-order valence-corrected chi connectivity index (χ3v) is 4.06. The van der Waals surface area contributed by atoms with E-state index in [1.54, 1.807) is 12.1 Å². The highest BCUT2D eigenvalue weighted by Gasteiger charge is 2.14. The highest BCUT2D eigenvalue weighted by atomic mass is 32.2. The molecular formula is C11H11FN4S2. The fraction of sp³-hybridized carbons (Fsp3) is 0.182. The Bertz CT molecular complexity index is 582. The highest BCUT2D eigenvalue weighted by molar-refractivity contribution is 8.01. The molecule has 0 atom stereocenters. The van der Waals surface area contributed by atoms with Crippen molar-refractivity contribution in [2.75, 3.05) is 0 Å². The SMILES string of the molecule is CCc1nsc(Sc2cccc(F)c2C(=N)N)n1. The van der Waals surface area contributed by atoms with Crippen molar-refractivity contribution in [3.8, 4) is 0 Å². The van der Waals surface area contributed by atoms with Gasteiger partial charge in [0.25, 0.3) is 0 Å². The van der Waals surface area contributed by atoms with Crippen LogP contribution in [0.4, 0.5) is 4.39 Å². The number of halogens is 1. The summed E-state index contributed by atoms with van der Waals surface area (Å²) in [6.07, 6.45) is 0.764. The molecule has 1 aromatic carbocycles. The first-order valence-electron chi connectivity index (χ1n) is 5.25. The van der Waals surface area contributed by atoms with Gasteiger partial charge in [-0.2, -0.15) is 4.37 Å². The van der Waals surface area contributed by atoms with Gasteiger partial charge in [-0.15, -0.1) is 0 Å². The van der Waals surface area contributed by atoms with Gasteiger partial charge >= 0.3 is 0 Å². The van der Waals surface area contributed by atoms with Gasteiger partial charge in [0.2, 0.25) is 0 Å². The van der Waals surface area contributed by atoms with Crippen LogP contribution in [0.2, 0.25) is 0 Å². The summed E-state index contributed by atoms with van der Waals surface area (Å²) in [5, 5.41) is 7.42. The first kappa shape index (κ1) is 13.0. The molecule has 0 saturated carbocycles. The number of hydrogen-bond donors (Lipinski definition) is 2. The number of nitrogens with zero attached hydrogens (tertiary/aromatic N) is 2. The maximum Gasteiger partial charge on any atom is 0.174 e. The molecule has 0 aliphatic carbocycles. The van der Waals surface area contributed by atoms with Gasteiger partial charge in [0, 0.05) is 11.3 Å². The molecule has 0 aliphatic heterocycles. The molecule has 94 valence electrons. The van der Waals surface area contributed by atoms with E-state index in [0.717, 1.165) is 16.6 Å². The summed E-state index contributed by atoms with van der Waals surface area (Å²) >= 11 is 2.54. The summed E-state index contributed by atoms with van der Waals surface area (Å²) in [5.41, 5.74) is 5.52. The van der Waals surface area contributed by atoms with Crippen LogP contribution in [0.25, 0.3) is 0 Å². The maximum absolute atomic E-state index is 13.6. The number of rotatable bonds is 4. The Hall–Kier alpha value is -1.47. The van der Waals surface area contributed by atoms with Crippen molar-refractivity contribution in [2.45, 2.75) is 22.6 Å². The number of nitrogens with one attached hydrogen (secondary N) is 1. The summed E-state index contributed by atoms with van der Waals surface area (Å²) in [5.74, 6) is -0.00756. The summed E-state index contributed by atoms with van der Waals surface area (Å²) in [4.78, 5) is 4.88. The van der Waals surface area contributed by atoms with Crippen LogP contribution in [0.3, 0.4) is 0 Å². The predicted molar refractivity (Wildman–Crippen MR) is 70.8 cm³/mol. The van der Waals surface area contributed by atoms with Crippen LogP contribution in [-0.4, -0.2) is 15.2 Å². The first-order valence-corrected chi connectivity index (χ1v) is 6.84. The van der Waals surface area contributed by atoms with Crippen molar-refractivity contribution in [1.82, 2.24) is 9.36 Å². The van der Waals surface area contributed by atoms with E-state index < -0.39 is 5.82 Å². The second-order valence-corrected chi connectivity index (χ2v) is 5.50. The predicted octanol–water partition coefficient (Wildman–Crippen LogP) is 2.67. The van der Waals surface area contributed by atoms with Gasteiger partial charge in [0.1, 0.15) is 17.5 Å². The molecule has 0 bridgehead atoms. The molecule has 0 amide bonds. The molecule has 7 heteroatoms. The lowest BCUT2D eigenvalue weighted by molar-refractivity contribution is 0.621. The molecule has 1 aromatic heterocycles. The summed E-state index contributed by atoms with van der Waals surface area (Å²) in [6, 6.07) is 4.60. The molecule has 18 heavy (non-hydrogen) atoms. The van der Waals surface area contributed by atoms with Gasteiger partial charge in [-0.25, -0.2) is 9.37 Å². The third-order valence-electron chi connectivity index (χ3n) is 2.21. The van der Waals surface area contributed by atoms with Crippen LogP contribution in [-0.2, 0) is 6.42 Å². The Labute approximate surface area is 112 Å². The van der Waals surface area contributed by atoms with E-state index in [1.807, 2.05) is 6.92 Å². The van der Waals surface area contributed by atoms with E-state index in [0.29, 0.717) is 4.90 Å². The average Bonchev–Trinajstić information content (AvgIpc) is 2.76. The molecule has 2 aromatic rings. The van der Waals surface area contributed by atoms with Crippen LogP contribution in [0.1, 0.15) is 18.3 Å². The largest absolute Gasteiger partial charge is 0.384 e. The average molecular weight is 282 g/mol. The van der Waals surface area contributed by atoms with Gasteiger partial charge in [0.05, 0.1) is 5.56 Å². The fourth-order valence-corrected chi connectivity index (χ4v) is 3.19. The van der Waals surface area contributed by atoms with Crippen LogP contribution < -0.4 is 5.73 Å². The number of benzene rings is 1. The van der Waals surface area contributed by atoms with Gasteiger partial charge < -0.3 is 5.73 Å². The lowest BCUT2D eigenvalue weighted by Crippen LogP contribution is -2.14. The van der Waals surface area contributed by atoms with E-state index in [9.17, 15) is 4.39 Å². The van der Waals surface area contributed by atoms with Crippen LogP contribution in [0.5, 0.6) is 0 Å². The topological polar surface area (TPSA) is 75.7 Å². The molecular weight excluding hydrogens is 271 g/mol. The molecule has 2 rings (SSSR count). The smallest absolute Gasteiger partial charge is 0.174 e. The van der Waals surface area contributed by atoms with E-state index in [-0.39, 0.29) is 11.4 Å². The molecule has 0 spiro atoms. The summed E-state index contributed by atoms with van der Waals surface area (Å²) < 4.78 is 18.5. The quantitative estimate of drug-likeness (QED) is 0.667. The molecule has 0 fully saturated rings. The van der Waals surface area contributed by atoms with Crippen molar-refractivity contribution >= 4 is 29.1 Å². The number of nitrogens with two attached hydrogens (primary N) is 1. The van der Waals surface area contributed by atoms with Gasteiger partial charge in [0.15, 0.2) is 4.34 Å². The number of hydrogen-bond acceptors (Lipinski definition) is 5. The van der Waals surface area contributed by atoms with E-state index in [4.69, 9.17) is 11.1 Å². The van der Waals surface area contributed by atoms with Crippen LogP contribution >= 0.6 is 23.3 Å². The van der Waals surface area contributed by atoms with Crippen molar-refractivity contribution < 1.29 is 4.39 Å². The van der Waals surface area contributed by atoms with Crippen molar-refractivity contribution in [2.24, 2.45) is 5.73 Å². The zero-order valence-corrected chi connectivity index (χ0v) is 11.2. The lowest BCUT2D eigenvalue weighted by Gasteiger charge is -2.06. The summed E-state index contributed by atoms with van der Waals surface area (Å²) in [7, 11) is 0. The normalized spacial score (nSPS) is 10.6. The van der Waals surface area contributed by atoms with Crippen molar-refractivity contribution in [3.05, 3.63) is 35.4 Å². The third kappa shape index (κ3) is 2.68. The Morgan fingerprint density at radius 2 is 2.33 bits per heavy atom. The Kier molecular flexibility index (Phi) is 3.93. The zero-order valence-electron chi connectivity index (χ0n) is 9.61. The lowest BCUT2D eigenvalue weighted by atomic mass is 10.2. The summed E-state index contributed by atoms with van der Waals surface area (Å²) in [6.45, 7) is 1.97. The zero-order chi connectivity index (χ0) is 13.1. The van der Waals surface area contributed by atoms with Gasteiger partial charge in [-0.1, -0.05) is 24.8 Å². The number of amidine groups is 1. The highest BCUT2D eigenvalue weighted by Crippen LogP contribution is 2.32. The molecule has 4 nitrogen and oxygen atoms in total. The van der Waals surface area contributed by atoms with Crippen LogP contribution in [0, 0.1) is 11.2 Å². The molecule has 0 radical (unpaired) electrons. The monoisotopic (exact) mass is 282 g/mol. The number of nitrogen functional groups attached to an aromatic ring is 1. The second kappa shape index (κ2) is 5.45. The van der Waals surface area contributed by atoms with E-state index >= 15 is 0 Å². The standard InChI is InChI=1S/C11H11FN4S2/c1-2-8-15-11(18-16-8)17-7-5-3-4-6(12)9(7)10(13)14/h3-5H,2H2,1H3,(H3,13,14). The Morgan fingerprint density at radius 3 is 2.94 bits per heavy atom. The first-order chi connectivity index (χ1) is 8.61. The fourth-order valence-electron chi connectivity index (χ4n) is 1.37. The van der Waals surface area contributed by atoms with Crippen molar-refractivity contribution in [3.63, 3.8) is 0 Å². The minimum atomic E-state index is -0.493. The molecule has 1 heterocycles. The van der Waals surface area contributed by atoms with E-state index in [1.165, 1.54) is 29.4 Å². The van der Waals surface area contributed by atoms with Crippen LogP contribution in [0.15, 0.2) is 27.4 Å². The number of aromatic nitrogens is 2. The second-order valence-electron chi connectivity index (χ2n) is 3.46. The minimum absolute atomic E-state index is 0.121. The molecule has 3 N–H and O–H groups in total. The van der Waals surface area contributed by atoms with Gasteiger partial charge in [-0.05, 0) is 23.7 Å². The Morgan fingerprint density at radius 1 is 1.56 bits per heavy atom. The minimum Gasteiger partial charge on any atom is -0.384 e. The molecule has 0 saturated heterocycles. The van der Waals surface area contributed by atoms with Gasteiger partial charge in [-0.3, -0.25) is 5.41 Å².